The Morgan fingerprint density at radius 1 is 1.29 bits per heavy atom. The number of pyridine rings is 1. The third-order valence-corrected chi connectivity index (χ3v) is 3.36. The van der Waals surface area contributed by atoms with Crippen LogP contribution < -0.4 is 4.74 Å². The Morgan fingerprint density at radius 3 is 2.76 bits per heavy atom. The molecule has 0 saturated carbocycles. The molecule has 0 aliphatic carbocycles. The SMILES string of the molecule is Cc1cccc(OC2CN(C(=O)c3cccc(F)c3)C2)n1. The highest BCUT2D eigenvalue weighted by Gasteiger charge is 2.33. The predicted molar refractivity (Wildman–Crippen MR) is 75.7 cm³/mol. The highest BCUT2D eigenvalue weighted by atomic mass is 19.1. The summed E-state index contributed by atoms with van der Waals surface area (Å²) in [5, 5.41) is 0. The lowest BCUT2D eigenvalue weighted by Gasteiger charge is -2.38. The summed E-state index contributed by atoms with van der Waals surface area (Å²) in [6, 6.07) is 11.3. The molecular formula is C16H15FN2O2. The standard InChI is InChI=1S/C16H15FN2O2/c1-11-4-2-7-15(18-11)21-14-9-19(10-14)16(20)12-5-3-6-13(17)8-12/h2-8,14H,9-10H2,1H3. The molecule has 2 heterocycles. The topological polar surface area (TPSA) is 42.4 Å². The van der Waals surface area contributed by atoms with E-state index < -0.39 is 5.82 Å². The molecule has 2 aromatic rings. The molecule has 108 valence electrons. The van der Waals surface area contributed by atoms with Crippen LogP contribution in [-0.4, -0.2) is 35.0 Å². The zero-order valence-corrected chi connectivity index (χ0v) is 11.6. The smallest absolute Gasteiger partial charge is 0.254 e. The number of nitrogens with zero attached hydrogens (tertiary/aromatic N) is 2. The molecule has 1 saturated heterocycles. The summed E-state index contributed by atoms with van der Waals surface area (Å²) in [5.74, 6) is -0.0115. The van der Waals surface area contributed by atoms with Gasteiger partial charge in [-0.15, -0.1) is 0 Å². The molecule has 0 radical (unpaired) electrons. The second kappa shape index (κ2) is 5.52. The van der Waals surface area contributed by atoms with Gasteiger partial charge in [0.15, 0.2) is 0 Å². The number of halogens is 1. The van der Waals surface area contributed by atoms with E-state index in [0.717, 1.165) is 5.69 Å². The van der Waals surface area contributed by atoms with Gasteiger partial charge in [0.2, 0.25) is 5.88 Å². The fourth-order valence-corrected chi connectivity index (χ4v) is 2.24. The minimum Gasteiger partial charge on any atom is -0.471 e. The Balaban J connectivity index is 1.57. The van der Waals surface area contributed by atoms with E-state index in [1.165, 1.54) is 18.2 Å². The van der Waals surface area contributed by atoms with Crippen LogP contribution >= 0.6 is 0 Å². The molecule has 0 atom stereocenters. The zero-order valence-electron chi connectivity index (χ0n) is 11.6. The van der Waals surface area contributed by atoms with Crippen molar-refractivity contribution in [3.8, 4) is 5.88 Å². The molecule has 0 spiro atoms. The molecule has 0 N–H and O–H groups in total. The Labute approximate surface area is 122 Å². The average Bonchev–Trinajstić information content (AvgIpc) is 2.42. The monoisotopic (exact) mass is 286 g/mol. The number of ether oxygens (including phenoxy) is 1. The molecule has 1 amide bonds. The summed E-state index contributed by atoms with van der Waals surface area (Å²) in [6.45, 7) is 2.88. The van der Waals surface area contributed by atoms with Gasteiger partial charge in [0.25, 0.3) is 5.91 Å². The van der Waals surface area contributed by atoms with Crippen LogP contribution in [-0.2, 0) is 0 Å². The van der Waals surface area contributed by atoms with Crippen molar-refractivity contribution in [3.05, 3.63) is 59.5 Å². The molecule has 1 aliphatic rings. The van der Waals surface area contributed by atoms with Gasteiger partial charge in [-0.3, -0.25) is 4.79 Å². The maximum absolute atomic E-state index is 13.1. The first-order valence-electron chi connectivity index (χ1n) is 6.77. The predicted octanol–water partition coefficient (Wildman–Crippen LogP) is 2.43. The van der Waals surface area contributed by atoms with Crippen molar-refractivity contribution in [2.75, 3.05) is 13.1 Å². The maximum atomic E-state index is 13.1. The second-order valence-corrected chi connectivity index (χ2v) is 5.08. The van der Waals surface area contributed by atoms with E-state index in [-0.39, 0.29) is 12.0 Å². The first-order chi connectivity index (χ1) is 10.1. The van der Waals surface area contributed by atoms with Crippen molar-refractivity contribution in [2.45, 2.75) is 13.0 Å². The number of rotatable bonds is 3. The Hall–Kier alpha value is -2.43. The Bertz CT molecular complexity index is 669. The number of carbonyl (C=O) groups excluding carboxylic acids is 1. The van der Waals surface area contributed by atoms with Gasteiger partial charge >= 0.3 is 0 Å². The third-order valence-electron chi connectivity index (χ3n) is 3.36. The zero-order chi connectivity index (χ0) is 14.8. The van der Waals surface area contributed by atoms with Gasteiger partial charge < -0.3 is 9.64 Å². The number of likely N-dealkylation sites (tertiary alicyclic amines) is 1. The molecule has 1 aliphatic heterocycles. The fraction of sp³-hybridized carbons (Fsp3) is 0.250. The average molecular weight is 286 g/mol. The van der Waals surface area contributed by atoms with E-state index in [0.29, 0.717) is 24.5 Å². The van der Waals surface area contributed by atoms with Crippen molar-refractivity contribution in [2.24, 2.45) is 0 Å². The molecule has 1 aromatic carbocycles. The largest absolute Gasteiger partial charge is 0.471 e. The Morgan fingerprint density at radius 2 is 2.05 bits per heavy atom. The molecule has 3 rings (SSSR count). The number of hydrogen-bond acceptors (Lipinski definition) is 3. The lowest BCUT2D eigenvalue weighted by Crippen LogP contribution is -2.56. The quantitative estimate of drug-likeness (QED) is 0.870. The van der Waals surface area contributed by atoms with E-state index in [9.17, 15) is 9.18 Å². The van der Waals surface area contributed by atoms with Gasteiger partial charge in [0.1, 0.15) is 11.9 Å². The minimum atomic E-state index is -0.405. The molecular weight excluding hydrogens is 271 g/mol. The van der Waals surface area contributed by atoms with Gasteiger partial charge in [0.05, 0.1) is 13.1 Å². The molecule has 0 bridgehead atoms. The molecule has 1 fully saturated rings. The van der Waals surface area contributed by atoms with Crippen molar-refractivity contribution in [3.63, 3.8) is 0 Å². The number of aromatic nitrogens is 1. The third kappa shape index (κ3) is 3.02. The Kier molecular flexibility index (Phi) is 3.56. The summed E-state index contributed by atoms with van der Waals surface area (Å²) >= 11 is 0. The van der Waals surface area contributed by atoms with Crippen LogP contribution in [0.2, 0.25) is 0 Å². The molecule has 4 nitrogen and oxygen atoms in total. The number of carbonyl (C=O) groups is 1. The van der Waals surface area contributed by atoms with Gasteiger partial charge in [0, 0.05) is 17.3 Å². The van der Waals surface area contributed by atoms with E-state index in [1.54, 1.807) is 17.0 Å². The van der Waals surface area contributed by atoms with Crippen molar-refractivity contribution in [1.29, 1.82) is 0 Å². The number of hydrogen-bond donors (Lipinski definition) is 0. The number of benzene rings is 1. The summed E-state index contributed by atoms with van der Waals surface area (Å²) in [6.07, 6.45) is -0.0585. The van der Waals surface area contributed by atoms with Crippen molar-refractivity contribution in [1.82, 2.24) is 9.88 Å². The summed E-state index contributed by atoms with van der Waals surface area (Å²) in [5.41, 5.74) is 1.25. The van der Waals surface area contributed by atoms with Crippen LogP contribution in [0.5, 0.6) is 5.88 Å². The van der Waals surface area contributed by atoms with E-state index in [2.05, 4.69) is 4.98 Å². The molecule has 21 heavy (non-hydrogen) atoms. The normalized spacial score (nSPS) is 14.7. The highest BCUT2D eigenvalue weighted by Crippen LogP contribution is 2.19. The fourth-order valence-electron chi connectivity index (χ4n) is 2.24. The molecule has 1 aromatic heterocycles. The van der Waals surface area contributed by atoms with Crippen molar-refractivity contribution < 1.29 is 13.9 Å². The van der Waals surface area contributed by atoms with E-state index >= 15 is 0 Å². The van der Waals surface area contributed by atoms with E-state index in [1.807, 2.05) is 19.1 Å². The summed E-state index contributed by atoms with van der Waals surface area (Å²) in [4.78, 5) is 18.0. The summed E-state index contributed by atoms with van der Waals surface area (Å²) < 4.78 is 18.8. The first kappa shape index (κ1) is 13.5. The van der Waals surface area contributed by atoms with Gasteiger partial charge in [-0.05, 0) is 31.2 Å². The van der Waals surface area contributed by atoms with Crippen LogP contribution in [0.15, 0.2) is 42.5 Å². The van der Waals surface area contributed by atoms with Crippen LogP contribution in [0, 0.1) is 12.7 Å². The minimum absolute atomic E-state index is 0.0585. The summed E-state index contributed by atoms with van der Waals surface area (Å²) in [7, 11) is 0. The van der Waals surface area contributed by atoms with Gasteiger partial charge in [-0.1, -0.05) is 12.1 Å². The number of aryl methyl sites for hydroxylation is 1. The highest BCUT2D eigenvalue weighted by molar-refractivity contribution is 5.94. The first-order valence-corrected chi connectivity index (χ1v) is 6.77. The molecule has 5 heteroatoms. The van der Waals surface area contributed by atoms with Crippen LogP contribution in [0.3, 0.4) is 0 Å². The van der Waals surface area contributed by atoms with Crippen LogP contribution in [0.1, 0.15) is 16.1 Å². The van der Waals surface area contributed by atoms with Gasteiger partial charge in [-0.25, -0.2) is 9.37 Å². The number of amides is 1. The van der Waals surface area contributed by atoms with Gasteiger partial charge in [-0.2, -0.15) is 0 Å². The van der Waals surface area contributed by atoms with Crippen LogP contribution in [0.25, 0.3) is 0 Å². The second-order valence-electron chi connectivity index (χ2n) is 5.08. The maximum Gasteiger partial charge on any atom is 0.254 e. The van der Waals surface area contributed by atoms with E-state index in [4.69, 9.17) is 4.74 Å². The lowest BCUT2D eigenvalue weighted by molar-refractivity contribution is 0.0159. The van der Waals surface area contributed by atoms with Crippen LogP contribution in [0.4, 0.5) is 4.39 Å². The molecule has 0 unspecified atom stereocenters. The van der Waals surface area contributed by atoms with Crippen molar-refractivity contribution >= 4 is 5.91 Å². The lowest BCUT2D eigenvalue weighted by atomic mass is 10.1.